The quantitative estimate of drug-likeness (QED) is 0.253. The Morgan fingerprint density at radius 1 is 1.00 bits per heavy atom. The van der Waals surface area contributed by atoms with Gasteiger partial charge in [-0.15, -0.1) is 13.2 Å². The maximum absolute atomic E-state index is 14.7. The summed E-state index contributed by atoms with van der Waals surface area (Å²) in [7, 11) is 0. The SMILES string of the molecule is C=CCN(Cc1ccccc1)C(=O)C1N(CCCCCO)C(=O)[C@@H]2[C@@H](C(=O)N(CC=C)c3ccccc3)[C@]3(C)OC12CC3C. The second-order valence-corrected chi connectivity index (χ2v) is 12.6. The fraction of sp³-hybridized carbons (Fsp3) is 0.472. The Morgan fingerprint density at radius 3 is 2.30 bits per heavy atom. The monoisotopic (exact) mass is 599 g/mol. The number of ether oxygens (including phenoxy) is 1. The average Bonchev–Trinajstić information content (AvgIpc) is 3.54. The van der Waals surface area contributed by atoms with E-state index in [9.17, 15) is 19.5 Å². The van der Waals surface area contributed by atoms with Crippen molar-refractivity contribution in [3.8, 4) is 0 Å². The molecule has 3 saturated heterocycles. The third-order valence-electron chi connectivity index (χ3n) is 9.89. The molecule has 234 valence electrons. The topological polar surface area (TPSA) is 90.4 Å². The smallest absolute Gasteiger partial charge is 0.248 e. The Morgan fingerprint density at radius 2 is 1.66 bits per heavy atom. The standard InChI is InChI=1S/C36H45N3O5/c1-5-20-37(25-27-16-10-7-11-17-27)34(43)31-36-24-26(3)35(4,44-36)29(30(36)33(42)39(31)22-14-9-15-23-40)32(41)38(21-6-2)28-18-12-8-13-19-28/h5-8,10-13,16-19,26,29-31,40H,1-2,9,14-15,20-25H2,3-4H3/t26?,29-,30-,31?,35+,36?/m0/s1. The van der Waals surface area contributed by atoms with Gasteiger partial charge in [-0.2, -0.15) is 0 Å². The van der Waals surface area contributed by atoms with Gasteiger partial charge in [0.2, 0.25) is 17.7 Å². The third kappa shape index (κ3) is 5.39. The van der Waals surface area contributed by atoms with Gasteiger partial charge in [-0.25, -0.2) is 0 Å². The van der Waals surface area contributed by atoms with E-state index in [0.717, 1.165) is 17.7 Å². The summed E-state index contributed by atoms with van der Waals surface area (Å²) < 4.78 is 6.97. The lowest BCUT2D eigenvalue weighted by molar-refractivity contribution is -0.152. The Labute approximate surface area is 261 Å². The van der Waals surface area contributed by atoms with Gasteiger partial charge in [0, 0.05) is 38.5 Å². The number of para-hydroxylation sites is 1. The van der Waals surface area contributed by atoms with Gasteiger partial charge in [0.1, 0.15) is 11.6 Å². The summed E-state index contributed by atoms with van der Waals surface area (Å²) >= 11 is 0. The van der Waals surface area contributed by atoms with Gasteiger partial charge in [0.05, 0.1) is 17.4 Å². The predicted octanol–water partition coefficient (Wildman–Crippen LogP) is 4.59. The first-order chi connectivity index (χ1) is 21.2. The van der Waals surface area contributed by atoms with Crippen LogP contribution in [0.25, 0.3) is 0 Å². The van der Waals surface area contributed by atoms with E-state index in [1.54, 1.807) is 26.9 Å². The van der Waals surface area contributed by atoms with E-state index >= 15 is 0 Å². The summed E-state index contributed by atoms with van der Waals surface area (Å²) in [5.74, 6) is -2.20. The number of carbonyl (C=O) groups is 3. The molecule has 44 heavy (non-hydrogen) atoms. The highest BCUT2D eigenvalue weighted by atomic mass is 16.5. The summed E-state index contributed by atoms with van der Waals surface area (Å²) in [5.41, 5.74) is -0.352. The van der Waals surface area contributed by atoms with Crippen LogP contribution >= 0.6 is 0 Å². The van der Waals surface area contributed by atoms with Crippen LogP contribution in [0, 0.1) is 17.8 Å². The number of aliphatic hydroxyl groups excluding tert-OH is 1. The summed E-state index contributed by atoms with van der Waals surface area (Å²) in [6.45, 7) is 13.2. The van der Waals surface area contributed by atoms with Crippen molar-refractivity contribution in [1.82, 2.24) is 9.80 Å². The number of hydrogen-bond donors (Lipinski definition) is 1. The summed E-state index contributed by atoms with van der Waals surface area (Å²) in [5, 5.41) is 9.36. The van der Waals surface area contributed by atoms with Crippen molar-refractivity contribution in [2.45, 2.75) is 63.3 Å². The Kier molecular flexibility index (Phi) is 9.42. The van der Waals surface area contributed by atoms with Gasteiger partial charge >= 0.3 is 0 Å². The highest BCUT2D eigenvalue weighted by molar-refractivity contribution is 6.03. The van der Waals surface area contributed by atoms with E-state index in [2.05, 4.69) is 20.1 Å². The molecule has 1 spiro atoms. The molecule has 3 amide bonds. The highest BCUT2D eigenvalue weighted by Crippen LogP contribution is 2.65. The van der Waals surface area contributed by atoms with Crippen molar-refractivity contribution in [2.24, 2.45) is 17.8 Å². The molecule has 0 aromatic heterocycles. The van der Waals surface area contributed by atoms with Crippen LogP contribution in [0.5, 0.6) is 0 Å². The van der Waals surface area contributed by atoms with Crippen LogP contribution < -0.4 is 4.90 Å². The number of amides is 3. The lowest BCUT2D eigenvalue weighted by Gasteiger charge is -2.39. The van der Waals surface area contributed by atoms with Gasteiger partial charge in [-0.3, -0.25) is 14.4 Å². The summed E-state index contributed by atoms with van der Waals surface area (Å²) in [4.78, 5) is 49.0. The fourth-order valence-electron chi connectivity index (χ4n) is 7.80. The van der Waals surface area contributed by atoms with Crippen LogP contribution in [0.4, 0.5) is 5.69 Å². The van der Waals surface area contributed by atoms with Crippen molar-refractivity contribution in [3.05, 3.63) is 91.5 Å². The second kappa shape index (κ2) is 13.1. The molecule has 8 nitrogen and oxygen atoms in total. The molecule has 5 rings (SSSR count). The van der Waals surface area contributed by atoms with Crippen molar-refractivity contribution in [3.63, 3.8) is 0 Å². The minimum absolute atomic E-state index is 0.0616. The zero-order valence-corrected chi connectivity index (χ0v) is 25.9. The second-order valence-electron chi connectivity index (χ2n) is 12.6. The molecular formula is C36H45N3O5. The molecule has 3 aliphatic heterocycles. The molecule has 0 radical (unpaired) electrons. The van der Waals surface area contributed by atoms with Gasteiger partial charge in [0.25, 0.3) is 0 Å². The number of fused-ring (bicyclic) bond motifs is 1. The molecule has 2 aromatic carbocycles. The van der Waals surface area contributed by atoms with Crippen LogP contribution in [-0.2, 0) is 25.7 Å². The first kappa shape index (κ1) is 31.7. The highest BCUT2D eigenvalue weighted by Gasteiger charge is 2.80. The Hall–Kier alpha value is -3.75. The van der Waals surface area contributed by atoms with Gasteiger partial charge in [0.15, 0.2) is 0 Å². The number of carbonyl (C=O) groups excluding carboxylic acids is 3. The van der Waals surface area contributed by atoms with E-state index in [1.807, 2.05) is 67.6 Å². The molecule has 1 N–H and O–H groups in total. The van der Waals surface area contributed by atoms with E-state index in [0.29, 0.717) is 38.9 Å². The summed E-state index contributed by atoms with van der Waals surface area (Å²) in [6.07, 6.45) is 5.87. The average molecular weight is 600 g/mol. The minimum atomic E-state index is -1.13. The Balaban J connectivity index is 1.57. The molecule has 0 saturated carbocycles. The number of anilines is 1. The molecule has 0 aliphatic carbocycles. The maximum atomic E-state index is 14.7. The summed E-state index contributed by atoms with van der Waals surface area (Å²) in [6, 6.07) is 18.3. The molecule has 3 aliphatic rings. The van der Waals surface area contributed by atoms with E-state index < -0.39 is 29.1 Å². The van der Waals surface area contributed by atoms with Crippen LogP contribution in [0.1, 0.15) is 45.1 Å². The van der Waals surface area contributed by atoms with E-state index in [4.69, 9.17) is 4.74 Å². The fourth-order valence-corrected chi connectivity index (χ4v) is 7.80. The van der Waals surface area contributed by atoms with Gasteiger partial charge < -0.3 is 24.5 Å². The number of nitrogens with zero attached hydrogens (tertiary/aromatic N) is 3. The molecule has 3 heterocycles. The molecule has 2 aromatic rings. The van der Waals surface area contributed by atoms with Gasteiger partial charge in [-0.1, -0.05) is 67.6 Å². The maximum Gasteiger partial charge on any atom is 0.248 e. The van der Waals surface area contributed by atoms with Gasteiger partial charge in [-0.05, 0) is 56.2 Å². The van der Waals surface area contributed by atoms with Crippen molar-refractivity contribution in [2.75, 3.05) is 31.1 Å². The van der Waals surface area contributed by atoms with Crippen LogP contribution in [-0.4, -0.2) is 76.1 Å². The lowest BCUT2D eigenvalue weighted by atomic mass is 9.62. The Bertz CT molecular complexity index is 1370. The van der Waals surface area contributed by atoms with Crippen LogP contribution in [0.2, 0.25) is 0 Å². The largest absolute Gasteiger partial charge is 0.396 e. The van der Waals surface area contributed by atoms with Crippen molar-refractivity contribution < 1.29 is 24.2 Å². The zero-order chi connectivity index (χ0) is 31.5. The minimum Gasteiger partial charge on any atom is -0.396 e. The number of unbranched alkanes of at least 4 members (excludes halogenated alkanes) is 2. The zero-order valence-electron chi connectivity index (χ0n) is 25.9. The number of aliphatic hydroxyl groups is 1. The van der Waals surface area contributed by atoms with Crippen LogP contribution in [0.3, 0.4) is 0 Å². The molecule has 6 atom stereocenters. The molecule has 8 heteroatoms. The number of likely N-dealkylation sites (tertiary alicyclic amines) is 1. The number of hydrogen-bond acceptors (Lipinski definition) is 5. The van der Waals surface area contributed by atoms with Crippen molar-refractivity contribution in [1.29, 1.82) is 0 Å². The molecule has 3 unspecified atom stereocenters. The third-order valence-corrected chi connectivity index (χ3v) is 9.89. The number of benzene rings is 2. The first-order valence-electron chi connectivity index (χ1n) is 15.8. The van der Waals surface area contributed by atoms with E-state index in [-0.39, 0.29) is 36.8 Å². The molecule has 2 bridgehead atoms. The van der Waals surface area contributed by atoms with E-state index in [1.165, 1.54) is 0 Å². The lowest BCUT2D eigenvalue weighted by Crippen LogP contribution is -2.57. The first-order valence-corrected chi connectivity index (χ1v) is 15.8. The van der Waals surface area contributed by atoms with Crippen LogP contribution in [0.15, 0.2) is 86.0 Å². The number of rotatable bonds is 14. The predicted molar refractivity (Wildman–Crippen MR) is 170 cm³/mol. The molecular weight excluding hydrogens is 554 g/mol. The molecule has 3 fully saturated rings. The normalized spacial score (nSPS) is 28.5. The van der Waals surface area contributed by atoms with Crippen molar-refractivity contribution >= 4 is 23.4 Å².